The van der Waals surface area contributed by atoms with Gasteiger partial charge in [-0.25, -0.2) is 0 Å². The van der Waals surface area contributed by atoms with Crippen LogP contribution in [0.2, 0.25) is 0 Å². The molecule has 0 fully saturated rings. The van der Waals surface area contributed by atoms with Gasteiger partial charge in [0, 0.05) is 30.6 Å². The average molecular weight is 332 g/mol. The summed E-state index contributed by atoms with van der Waals surface area (Å²) in [6.45, 7) is 0.359. The number of hydrogen-bond donors (Lipinski definition) is 0. The molecule has 0 saturated carbocycles. The van der Waals surface area contributed by atoms with Gasteiger partial charge in [-0.3, -0.25) is 4.79 Å². The highest BCUT2D eigenvalue weighted by Crippen LogP contribution is 2.19. The Kier molecular flexibility index (Phi) is 4.76. The molecule has 0 unspecified atom stereocenters. The van der Waals surface area contributed by atoms with Crippen molar-refractivity contribution in [3.05, 3.63) is 65.9 Å². The number of nitrogens with zero attached hydrogens (tertiary/aromatic N) is 2. The summed E-state index contributed by atoms with van der Waals surface area (Å²) in [5.41, 5.74) is 2.57. The van der Waals surface area contributed by atoms with Crippen LogP contribution in [0, 0.1) is 11.8 Å². The molecule has 3 aromatic rings. The topological polar surface area (TPSA) is 34.5 Å². The lowest BCUT2D eigenvalue weighted by molar-refractivity contribution is 0.0804. The van der Waals surface area contributed by atoms with Crippen molar-refractivity contribution in [2.75, 3.05) is 20.7 Å². The van der Waals surface area contributed by atoms with Crippen LogP contribution >= 0.6 is 0 Å². The number of methoxy groups -OCH3 is 1. The van der Waals surface area contributed by atoms with Gasteiger partial charge in [-0.2, -0.15) is 0 Å². The van der Waals surface area contributed by atoms with Crippen LogP contribution in [0.4, 0.5) is 0 Å². The Hall–Kier alpha value is -3.19. The lowest BCUT2D eigenvalue weighted by Gasteiger charge is -2.14. The molecule has 0 spiro atoms. The van der Waals surface area contributed by atoms with E-state index in [0.29, 0.717) is 12.2 Å². The van der Waals surface area contributed by atoms with Crippen molar-refractivity contribution in [3.8, 4) is 17.6 Å². The zero-order valence-corrected chi connectivity index (χ0v) is 14.6. The maximum Gasteiger partial charge on any atom is 0.271 e. The zero-order chi connectivity index (χ0) is 17.8. The largest absolute Gasteiger partial charge is 0.497 e. The standard InChI is InChI=1S/C21H20N2O2/c1-22(13-7-9-16-8-6-11-18(14-16)25-3)21(24)20-15-17-10-4-5-12-19(17)23(20)2/h4-6,8,10-12,14-15H,13H2,1-3H3. The number of aryl methyl sites for hydroxylation is 1. The molecule has 4 nitrogen and oxygen atoms in total. The van der Waals surface area contributed by atoms with Gasteiger partial charge in [-0.05, 0) is 30.3 Å². The van der Waals surface area contributed by atoms with Crippen molar-refractivity contribution in [2.24, 2.45) is 7.05 Å². The molecule has 0 bridgehead atoms. The Balaban J connectivity index is 1.74. The highest BCUT2D eigenvalue weighted by Gasteiger charge is 2.16. The minimum Gasteiger partial charge on any atom is -0.497 e. The lowest BCUT2D eigenvalue weighted by Crippen LogP contribution is -2.28. The first-order chi connectivity index (χ1) is 12.1. The predicted octanol–water partition coefficient (Wildman–Crippen LogP) is 3.31. The summed E-state index contributed by atoms with van der Waals surface area (Å²) < 4.78 is 7.11. The summed E-state index contributed by atoms with van der Waals surface area (Å²) in [4.78, 5) is 14.3. The Bertz CT molecular complexity index is 976. The molecular formula is C21H20N2O2. The van der Waals surface area contributed by atoms with E-state index in [0.717, 1.165) is 22.2 Å². The third-order valence-corrected chi connectivity index (χ3v) is 4.14. The van der Waals surface area contributed by atoms with Crippen LogP contribution in [0.5, 0.6) is 5.75 Å². The van der Waals surface area contributed by atoms with E-state index in [1.54, 1.807) is 19.1 Å². The molecule has 2 aromatic carbocycles. The molecule has 1 heterocycles. The lowest BCUT2D eigenvalue weighted by atomic mass is 10.2. The van der Waals surface area contributed by atoms with E-state index >= 15 is 0 Å². The number of hydrogen-bond acceptors (Lipinski definition) is 2. The fraction of sp³-hybridized carbons (Fsp3) is 0.190. The quantitative estimate of drug-likeness (QED) is 0.690. The molecule has 0 aliphatic heterocycles. The fourth-order valence-corrected chi connectivity index (χ4v) is 2.72. The van der Waals surface area contributed by atoms with Crippen molar-refractivity contribution in [2.45, 2.75) is 0 Å². The van der Waals surface area contributed by atoms with Crippen LogP contribution in [0.1, 0.15) is 16.1 Å². The number of aromatic nitrogens is 1. The molecule has 25 heavy (non-hydrogen) atoms. The molecule has 4 heteroatoms. The van der Waals surface area contributed by atoms with Crippen LogP contribution in [-0.4, -0.2) is 36.1 Å². The van der Waals surface area contributed by atoms with Crippen molar-refractivity contribution < 1.29 is 9.53 Å². The van der Waals surface area contributed by atoms with Gasteiger partial charge in [-0.1, -0.05) is 36.1 Å². The van der Waals surface area contributed by atoms with Crippen molar-refractivity contribution >= 4 is 16.8 Å². The van der Waals surface area contributed by atoms with Gasteiger partial charge >= 0.3 is 0 Å². The number of fused-ring (bicyclic) bond motifs is 1. The molecule has 0 aliphatic rings. The van der Waals surface area contributed by atoms with Gasteiger partial charge in [-0.15, -0.1) is 0 Å². The first kappa shape index (κ1) is 16.7. The van der Waals surface area contributed by atoms with Crippen LogP contribution in [0.15, 0.2) is 54.6 Å². The van der Waals surface area contributed by atoms with E-state index in [1.807, 2.05) is 66.2 Å². The number of ether oxygens (including phenoxy) is 1. The molecule has 0 atom stereocenters. The predicted molar refractivity (Wildman–Crippen MR) is 99.8 cm³/mol. The van der Waals surface area contributed by atoms with Crippen molar-refractivity contribution in [1.29, 1.82) is 0 Å². The number of para-hydroxylation sites is 1. The highest BCUT2D eigenvalue weighted by molar-refractivity contribution is 5.98. The molecule has 0 N–H and O–H groups in total. The van der Waals surface area contributed by atoms with Gasteiger partial charge in [0.2, 0.25) is 0 Å². The summed E-state index contributed by atoms with van der Waals surface area (Å²) >= 11 is 0. The summed E-state index contributed by atoms with van der Waals surface area (Å²) in [5, 5.41) is 1.06. The molecule has 0 saturated heterocycles. The van der Waals surface area contributed by atoms with Gasteiger partial charge in [0.25, 0.3) is 5.91 Å². The monoisotopic (exact) mass is 332 g/mol. The van der Waals surface area contributed by atoms with E-state index in [-0.39, 0.29) is 5.91 Å². The second-order valence-electron chi connectivity index (χ2n) is 5.84. The normalized spacial score (nSPS) is 10.2. The van der Waals surface area contributed by atoms with E-state index < -0.39 is 0 Å². The Morgan fingerprint density at radius 1 is 1.16 bits per heavy atom. The number of carbonyl (C=O) groups is 1. The number of amides is 1. The molecule has 1 amide bonds. The average Bonchev–Trinajstić information content (AvgIpc) is 2.98. The molecule has 0 aliphatic carbocycles. The van der Waals surface area contributed by atoms with E-state index in [2.05, 4.69) is 11.8 Å². The maximum absolute atomic E-state index is 12.7. The Morgan fingerprint density at radius 2 is 1.96 bits per heavy atom. The minimum atomic E-state index is -0.0429. The van der Waals surface area contributed by atoms with Crippen LogP contribution in [-0.2, 0) is 7.05 Å². The maximum atomic E-state index is 12.7. The second-order valence-corrected chi connectivity index (χ2v) is 5.84. The minimum absolute atomic E-state index is 0.0429. The summed E-state index contributed by atoms with van der Waals surface area (Å²) in [5.74, 6) is 6.84. The van der Waals surface area contributed by atoms with Gasteiger partial charge < -0.3 is 14.2 Å². The SMILES string of the molecule is COc1cccc(C#CCN(C)C(=O)c2cc3ccccc3n2C)c1. The van der Waals surface area contributed by atoms with E-state index in [9.17, 15) is 4.79 Å². The molecule has 0 radical (unpaired) electrons. The summed E-state index contributed by atoms with van der Waals surface area (Å²) in [6.07, 6.45) is 0. The Morgan fingerprint density at radius 3 is 2.72 bits per heavy atom. The fourth-order valence-electron chi connectivity index (χ4n) is 2.72. The number of carbonyl (C=O) groups excluding carboxylic acids is 1. The third-order valence-electron chi connectivity index (χ3n) is 4.14. The second kappa shape index (κ2) is 7.14. The third kappa shape index (κ3) is 3.51. The molecular weight excluding hydrogens is 312 g/mol. The first-order valence-corrected chi connectivity index (χ1v) is 8.03. The van der Waals surface area contributed by atoms with Gasteiger partial charge in [0.15, 0.2) is 0 Å². The molecule has 126 valence electrons. The smallest absolute Gasteiger partial charge is 0.271 e. The number of benzene rings is 2. The Labute approximate surface area is 147 Å². The van der Waals surface area contributed by atoms with E-state index in [4.69, 9.17) is 4.74 Å². The van der Waals surface area contributed by atoms with Crippen molar-refractivity contribution in [1.82, 2.24) is 9.47 Å². The highest BCUT2D eigenvalue weighted by atomic mass is 16.5. The zero-order valence-electron chi connectivity index (χ0n) is 14.6. The van der Waals surface area contributed by atoms with Crippen LogP contribution in [0.25, 0.3) is 10.9 Å². The summed E-state index contributed by atoms with van der Waals surface area (Å²) in [7, 11) is 5.30. The molecule has 3 rings (SSSR count). The van der Waals surface area contributed by atoms with Crippen molar-refractivity contribution in [3.63, 3.8) is 0 Å². The van der Waals surface area contributed by atoms with Gasteiger partial charge in [0.1, 0.15) is 11.4 Å². The van der Waals surface area contributed by atoms with Crippen LogP contribution in [0.3, 0.4) is 0 Å². The number of rotatable bonds is 3. The van der Waals surface area contributed by atoms with Gasteiger partial charge in [0.05, 0.1) is 13.7 Å². The van der Waals surface area contributed by atoms with E-state index in [1.165, 1.54) is 0 Å². The summed E-state index contributed by atoms with van der Waals surface area (Å²) in [6, 6.07) is 17.4. The van der Waals surface area contributed by atoms with Crippen LogP contribution < -0.4 is 4.74 Å². The molecule has 1 aromatic heterocycles. The first-order valence-electron chi connectivity index (χ1n) is 8.03.